The summed E-state index contributed by atoms with van der Waals surface area (Å²) in [5.41, 5.74) is 0.788. The van der Waals surface area contributed by atoms with Gasteiger partial charge in [-0.3, -0.25) is 15.1 Å². The zero-order chi connectivity index (χ0) is 10.8. The van der Waals surface area contributed by atoms with Crippen molar-refractivity contribution < 1.29 is 4.92 Å². The Morgan fingerprint density at radius 3 is 3.00 bits per heavy atom. The van der Waals surface area contributed by atoms with Crippen molar-refractivity contribution in [3.63, 3.8) is 0 Å². The van der Waals surface area contributed by atoms with Gasteiger partial charge in [0, 0.05) is 35.8 Å². The van der Waals surface area contributed by atoms with E-state index in [1.807, 2.05) is 0 Å². The fourth-order valence-electron chi connectivity index (χ4n) is 1.52. The van der Waals surface area contributed by atoms with Crippen molar-refractivity contribution in [1.29, 1.82) is 0 Å². The zero-order valence-corrected chi connectivity index (χ0v) is 8.85. The average molecular weight is 227 g/mol. The van der Waals surface area contributed by atoms with E-state index >= 15 is 0 Å². The van der Waals surface area contributed by atoms with Crippen LogP contribution in [0.4, 0.5) is 5.69 Å². The summed E-state index contributed by atoms with van der Waals surface area (Å²) in [4.78, 5) is 14.2. The van der Waals surface area contributed by atoms with Gasteiger partial charge in [0.05, 0.1) is 4.92 Å². The van der Waals surface area contributed by atoms with Crippen LogP contribution in [0, 0.1) is 16.0 Å². The van der Waals surface area contributed by atoms with Crippen LogP contribution in [0.1, 0.15) is 18.5 Å². The number of nitrogens with zero attached hydrogens (tertiary/aromatic N) is 2. The molecular formula is C10H11ClN2O2. The molecule has 0 radical (unpaired) electrons. The third-order valence-electron chi connectivity index (χ3n) is 2.55. The lowest BCUT2D eigenvalue weighted by Crippen LogP contribution is -2.07. The Labute approximate surface area is 92.4 Å². The zero-order valence-electron chi connectivity index (χ0n) is 8.10. The first kappa shape index (κ1) is 10.4. The Bertz CT molecular complexity index is 379. The number of alkyl halides is 1. The van der Waals surface area contributed by atoms with Crippen molar-refractivity contribution >= 4 is 17.3 Å². The van der Waals surface area contributed by atoms with Crippen LogP contribution in [-0.2, 0) is 6.42 Å². The average Bonchev–Trinajstić information content (AvgIpc) is 3.01. The summed E-state index contributed by atoms with van der Waals surface area (Å²) in [7, 11) is 0. The molecule has 0 saturated heterocycles. The van der Waals surface area contributed by atoms with E-state index in [0.717, 1.165) is 0 Å². The standard InChI is InChI=1S/C10H11ClN2O2/c11-10(7-1-2-7)6-8-5-9(13(14)15)3-4-12-8/h3-5,7,10H,1-2,6H2. The Balaban J connectivity index is 2.07. The Morgan fingerprint density at radius 1 is 1.67 bits per heavy atom. The van der Waals surface area contributed by atoms with Crippen molar-refractivity contribution in [2.45, 2.75) is 24.6 Å². The summed E-state index contributed by atoms with van der Waals surface area (Å²) < 4.78 is 0. The predicted molar refractivity (Wildman–Crippen MR) is 57.0 cm³/mol. The Kier molecular flexibility index (Phi) is 2.86. The van der Waals surface area contributed by atoms with E-state index < -0.39 is 4.92 Å². The second-order valence-electron chi connectivity index (χ2n) is 3.82. The van der Waals surface area contributed by atoms with Crippen LogP contribution in [-0.4, -0.2) is 15.3 Å². The van der Waals surface area contributed by atoms with Gasteiger partial charge in [0.2, 0.25) is 0 Å². The number of halogens is 1. The van der Waals surface area contributed by atoms with Crippen molar-refractivity contribution in [2.75, 3.05) is 0 Å². The van der Waals surface area contributed by atoms with Crippen LogP contribution in [0.25, 0.3) is 0 Å². The number of rotatable bonds is 4. The van der Waals surface area contributed by atoms with Gasteiger partial charge in [0.1, 0.15) is 0 Å². The van der Waals surface area contributed by atoms with E-state index in [9.17, 15) is 10.1 Å². The molecule has 15 heavy (non-hydrogen) atoms. The van der Waals surface area contributed by atoms with Gasteiger partial charge in [-0.25, -0.2) is 0 Å². The van der Waals surface area contributed by atoms with Crippen LogP contribution in [0.2, 0.25) is 0 Å². The molecule has 1 unspecified atom stereocenters. The van der Waals surface area contributed by atoms with E-state index in [2.05, 4.69) is 4.98 Å². The van der Waals surface area contributed by atoms with Crippen molar-refractivity contribution in [1.82, 2.24) is 4.98 Å². The van der Waals surface area contributed by atoms with Crippen LogP contribution in [0.15, 0.2) is 18.3 Å². The normalized spacial score (nSPS) is 17.4. The number of nitro groups is 1. The first-order chi connectivity index (χ1) is 7.16. The van der Waals surface area contributed by atoms with E-state index in [0.29, 0.717) is 18.0 Å². The maximum absolute atomic E-state index is 10.5. The summed E-state index contributed by atoms with van der Waals surface area (Å²) in [6.45, 7) is 0. The summed E-state index contributed by atoms with van der Waals surface area (Å²) in [6.07, 6.45) is 4.42. The van der Waals surface area contributed by atoms with E-state index in [4.69, 9.17) is 11.6 Å². The molecule has 1 saturated carbocycles. The number of pyridine rings is 1. The van der Waals surface area contributed by atoms with Gasteiger partial charge < -0.3 is 0 Å². The lowest BCUT2D eigenvalue weighted by molar-refractivity contribution is -0.385. The molecule has 0 N–H and O–H groups in total. The first-order valence-electron chi connectivity index (χ1n) is 4.90. The second kappa shape index (κ2) is 4.14. The summed E-state index contributed by atoms with van der Waals surface area (Å²) in [5.74, 6) is 0.577. The number of aromatic nitrogens is 1. The maximum atomic E-state index is 10.5. The van der Waals surface area contributed by atoms with Gasteiger partial charge in [0.15, 0.2) is 0 Å². The summed E-state index contributed by atoms with van der Waals surface area (Å²) in [5, 5.41) is 10.6. The van der Waals surface area contributed by atoms with Gasteiger partial charge in [-0.2, -0.15) is 0 Å². The van der Waals surface area contributed by atoms with E-state index in [1.165, 1.54) is 31.2 Å². The highest BCUT2D eigenvalue weighted by Gasteiger charge is 2.30. The van der Waals surface area contributed by atoms with Gasteiger partial charge in [-0.1, -0.05) is 0 Å². The minimum Gasteiger partial charge on any atom is -0.261 e. The van der Waals surface area contributed by atoms with Crippen molar-refractivity contribution in [3.05, 3.63) is 34.1 Å². The topological polar surface area (TPSA) is 56.0 Å². The van der Waals surface area contributed by atoms with Gasteiger partial charge >= 0.3 is 0 Å². The highest BCUT2D eigenvalue weighted by molar-refractivity contribution is 6.21. The Hall–Kier alpha value is -1.16. The molecule has 1 aliphatic carbocycles. The fourth-order valence-corrected chi connectivity index (χ4v) is 1.93. The summed E-state index contributed by atoms with van der Waals surface area (Å²) in [6, 6.07) is 2.89. The highest BCUT2D eigenvalue weighted by atomic mass is 35.5. The van der Waals surface area contributed by atoms with Crippen LogP contribution in [0.5, 0.6) is 0 Å². The predicted octanol–water partition coefficient (Wildman–Crippen LogP) is 2.55. The molecule has 1 fully saturated rings. The van der Waals surface area contributed by atoms with Crippen LogP contribution in [0.3, 0.4) is 0 Å². The molecule has 1 aromatic heterocycles. The van der Waals surface area contributed by atoms with E-state index in [1.54, 1.807) is 0 Å². The fraction of sp³-hybridized carbons (Fsp3) is 0.500. The lowest BCUT2D eigenvalue weighted by Gasteiger charge is -2.06. The molecule has 2 rings (SSSR count). The first-order valence-corrected chi connectivity index (χ1v) is 5.34. The molecule has 80 valence electrons. The smallest absolute Gasteiger partial charge is 0.261 e. The molecule has 5 heteroatoms. The van der Waals surface area contributed by atoms with Crippen LogP contribution < -0.4 is 0 Å². The molecule has 1 heterocycles. The van der Waals surface area contributed by atoms with Crippen molar-refractivity contribution in [3.8, 4) is 0 Å². The molecule has 4 nitrogen and oxygen atoms in total. The van der Waals surface area contributed by atoms with Crippen molar-refractivity contribution in [2.24, 2.45) is 5.92 Å². The molecule has 1 atom stereocenters. The van der Waals surface area contributed by atoms with Gasteiger partial charge in [-0.15, -0.1) is 11.6 Å². The number of hydrogen-bond acceptors (Lipinski definition) is 3. The lowest BCUT2D eigenvalue weighted by atomic mass is 10.1. The minimum atomic E-state index is -0.411. The second-order valence-corrected chi connectivity index (χ2v) is 4.38. The molecule has 0 bridgehead atoms. The molecule has 1 aromatic rings. The molecule has 1 aliphatic rings. The monoisotopic (exact) mass is 226 g/mol. The van der Waals surface area contributed by atoms with Crippen LogP contribution >= 0.6 is 11.6 Å². The maximum Gasteiger partial charge on any atom is 0.272 e. The van der Waals surface area contributed by atoms with Gasteiger partial charge in [0.25, 0.3) is 5.69 Å². The molecule has 0 aliphatic heterocycles. The third-order valence-corrected chi connectivity index (χ3v) is 3.06. The molecule has 0 aromatic carbocycles. The quantitative estimate of drug-likeness (QED) is 0.450. The largest absolute Gasteiger partial charge is 0.272 e. The minimum absolute atomic E-state index is 0.0690. The van der Waals surface area contributed by atoms with Gasteiger partial charge in [-0.05, 0) is 18.8 Å². The molecular weight excluding hydrogens is 216 g/mol. The summed E-state index contributed by atoms with van der Waals surface area (Å²) >= 11 is 6.13. The third kappa shape index (κ3) is 2.65. The molecule has 0 spiro atoms. The number of hydrogen-bond donors (Lipinski definition) is 0. The Morgan fingerprint density at radius 2 is 2.40 bits per heavy atom. The van der Waals surface area contributed by atoms with E-state index in [-0.39, 0.29) is 11.1 Å². The SMILES string of the molecule is O=[N+]([O-])c1ccnc(CC(Cl)C2CC2)c1. The molecule has 0 amide bonds. The highest BCUT2D eigenvalue weighted by Crippen LogP contribution is 2.37.